The molecule has 0 aliphatic carbocycles. The molecule has 0 spiro atoms. The van der Waals surface area contributed by atoms with Crippen molar-refractivity contribution in [2.24, 2.45) is 0 Å². The summed E-state index contributed by atoms with van der Waals surface area (Å²) in [4.78, 5) is 13.2. The molecule has 7 unspecified atom stereocenters. The zero-order valence-electron chi connectivity index (χ0n) is 60.9. The third-order valence-electron chi connectivity index (χ3n) is 20.0. The second-order valence-corrected chi connectivity index (χ2v) is 28.9. The monoisotopic (exact) mass is 1290 g/mol. The predicted molar refractivity (Wildman–Crippen MR) is 392 cm³/mol. The first kappa shape index (κ1) is 87.7. The maximum atomic E-state index is 13.2. The Morgan fingerprint density at radius 1 is 0.363 bits per heavy atom. The lowest BCUT2D eigenvalue weighted by Gasteiger charge is -2.40. The smallest absolute Gasteiger partial charge is 0.220 e. The number of aliphatic hydroxyl groups is 5. The normalized spacial score (nSPS) is 17.7. The average Bonchev–Trinajstić information content (AvgIpc) is 1.70. The standard InChI is InChI=1S/C82H159NO8/c1-3-5-7-9-11-13-15-17-19-21-23-25-27-29-31-33-35-36-37-38-39-40-42-44-46-48-50-52-54-56-58-60-62-64-66-68-70-72-78(86)83-75(74-90-82-81(89)80(88)79(87)77(73-84)91-82)76(85)71-69-67-65-63-61-59-57-55-53-51-49-47-45-43-41-34-32-30-28-26-24-22-20-18-16-14-12-10-8-6-4-2/h21,23,69,71,75-77,79-82,84-85,87-89H,3-20,22,24-68,70,72-74H2,1-2H3,(H,83,86)/b23-21-,71-69+. The Labute approximate surface area is 566 Å². The molecule has 1 aliphatic rings. The van der Waals surface area contributed by atoms with Gasteiger partial charge in [-0.25, -0.2) is 0 Å². The van der Waals surface area contributed by atoms with E-state index in [9.17, 15) is 30.3 Å². The highest BCUT2D eigenvalue weighted by atomic mass is 16.7. The fourth-order valence-electron chi connectivity index (χ4n) is 13.6. The molecule has 1 fully saturated rings. The quantitative estimate of drug-likeness (QED) is 0.0261. The van der Waals surface area contributed by atoms with Crippen molar-refractivity contribution >= 4 is 5.91 Å². The van der Waals surface area contributed by atoms with Crippen LogP contribution in [0.2, 0.25) is 0 Å². The molecule has 7 atom stereocenters. The van der Waals surface area contributed by atoms with Gasteiger partial charge < -0.3 is 40.3 Å². The maximum absolute atomic E-state index is 13.2. The Hall–Kier alpha value is -1.33. The van der Waals surface area contributed by atoms with Crippen molar-refractivity contribution in [1.29, 1.82) is 0 Å². The molecular weight excluding hydrogens is 1130 g/mol. The first-order chi connectivity index (χ1) is 44.8. The molecule has 1 rings (SSSR count). The number of aliphatic hydroxyl groups excluding tert-OH is 5. The fourth-order valence-corrected chi connectivity index (χ4v) is 13.6. The van der Waals surface area contributed by atoms with Gasteiger partial charge in [0, 0.05) is 6.42 Å². The van der Waals surface area contributed by atoms with Crippen molar-refractivity contribution < 1.29 is 39.8 Å². The summed E-state index contributed by atoms with van der Waals surface area (Å²) in [5, 5.41) is 54.9. The molecule has 540 valence electrons. The molecule has 0 saturated carbocycles. The number of ether oxygens (including phenoxy) is 2. The molecule has 1 heterocycles. The van der Waals surface area contributed by atoms with Gasteiger partial charge in [-0.3, -0.25) is 4.79 Å². The highest BCUT2D eigenvalue weighted by Gasteiger charge is 2.44. The van der Waals surface area contributed by atoms with Gasteiger partial charge >= 0.3 is 0 Å². The lowest BCUT2D eigenvalue weighted by molar-refractivity contribution is -0.302. The molecule has 1 aliphatic heterocycles. The zero-order chi connectivity index (χ0) is 65.7. The van der Waals surface area contributed by atoms with Gasteiger partial charge in [-0.2, -0.15) is 0 Å². The molecule has 0 radical (unpaired) electrons. The van der Waals surface area contributed by atoms with Gasteiger partial charge in [-0.05, 0) is 44.9 Å². The summed E-state index contributed by atoms with van der Waals surface area (Å²) in [5.41, 5.74) is 0. The molecule has 0 bridgehead atoms. The van der Waals surface area contributed by atoms with Crippen LogP contribution in [0.5, 0.6) is 0 Å². The van der Waals surface area contributed by atoms with E-state index in [2.05, 4.69) is 31.3 Å². The number of allylic oxidation sites excluding steroid dienone is 3. The molecular formula is C82H159NO8. The van der Waals surface area contributed by atoms with Crippen molar-refractivity contribution in [2.45, 2.75) is 480 Å². The van der Waals surface area contributed by atoms with Crippen LogP contribution in [0.25, 0.3) is 0 Å². The maximum Gasteiger partial charge on any atom is 0.220 e. The van der Waals surface area contributed by atoms with E-state index in [4.69, 9.17) is 9.47 Å². The minimum absolute atomic E-state index is 0.166. The number of carbonyl (C=O) groups is 1. The minimum Gasteiger partial charge on any atom is -0.394 e. The van der Waals surface area contributed by atoms with Gasteiger partial charge in [-0.1, -0.05) is 411 Å². The van der Waals surface area contributed by atoms with Crippen LogP contribution in [0.15, 0.2) is 24.3 Å². The topological polar surface area (TPSA) is 149 Å². The molecule has 9 heteroatoms. The SMILES string of the molecule is CCCCCCCCCC/C=C\CCCCCCCCCCCCCCCCCCCCCCCCCCCC(=O)NC(COC1OC(CO)C(O)C(O)C1O)C(O)/C=C/CCCCCCCCCCCCCCCCCCCCCCCCCCCCCCC. The van der Waals surface area contributed by atoms with Gasteiger partial charge in [0.25, 0.3) is 0 Å². The van der Waals surface area contributed by atoms with Crippen LogP contribution >= 0.6 is 0 Å². The summed E-state index contributed by atoms with van der Waals surface area (Å²) in [5.74, 6) is -0.166. The second-order valence-electron chi connectivity index (χ2n) is 28.9. The van der Waals surface area contributed by atoms with Gasteiger partial charge in [0.05, 0.1) is 25.4 Å². The zero-order valence-corrected chi connectivity index (χ0v) is 60.9. The number of rotatable bonds is 74. The highest BCUT2D eigenvalue weighted by molar-refractivity contribution is 5.76. The number of hydrogen-bond acceptors (Lipinski definition) is 8. The van der Waals surface area contributed by atoms with Crippen LogP contribution in [0.4, 0.5) is 0 Å². The van der Waals surface area contributed by atoms with Crippen LogP contribution < -0.4 is 5.32 Å². The number of amides is 1. The van der Waals surface area contributed by atoms with E-state index in [0.717, 1.165) is 38.5 Å². The number of unbranched alkanes of at least 4 members (excludes halogenated alkanes) is 62. The van der Waals surface area contributed by atoms with Crippen LogP contribution in [-0.2, 0) is 14.3 Å². The first-order valence-corrected chi connectivity index (χ1v) is 41.1. The Morgan fingerprint density at radius 3 is 0.890 bits per heavy atom. The van der Waals surface area contributed by atoms with Gasteiger partial charge in [0.2, 0.25) is 5.91 Å². The third kappa shape index (κ3) is 59.7. The summed E-state index contributed by atoms with van der Waals surface area (Å²) in [6.45, 7) is 3.85. The van der Waals surface area contributed by atoms with Gasteiger partial charge in [0.15, 0.2) is 6.29 Å². The summed E-state index contributed by atoms with van der Waals surface area (Å²) >= 11 is 0. The summed E-state index contributed by atoms with van der Waals surface area (Å²) in [6.07, 6.45) is 89.1. The van der Waals surface area contributed by atoms with E-state index in [1.54, 1.807) is 6.08 Å². The van der Waals surface area contributed by atoms with Crippen molar-refractivity contribution in [2.75, 3.05) is 13.2 Å². The lowest BCUT2D eigenvalue weighted by Crippen LogP contribution is -2.60. The molecule has 0 aromatic rings. The molecule has 91 heavy (non-hydrogen) atoms. The van der Waals surface area contributed by atoms with Crippen LogP contribution in [0.1, 0.15) is 438 Å². The predicted octanol–water partition coefficient (Wildman–Crippen LogP) is 23.5. The molecule has 0 aromatic heterocycles. The van der Waals surface area contributed by atoms with Gasteiger partial charge in [0.1, 0.15) is 24.4 Å². The van der Waals surface area contributed by atoms with Crippen LogP contribution in [0, 0.1) is 0 Å². The second kappa shape index (κ2) is 71.4. The summed E-state index contributed by atoms with van der Waals surface area (Å²) in [7, 11) is 0. The van der Waals surface area contributed by atoms with E-state index in [1.807, 2.05) is 6.08 Å². The van der Waals surface area contributed by atoms with E-state index in [0.29, 0.717) is 6.42 Å². The van der Waals surface area contributed by atoms with Crippen molar-refractivity contribution in [3.8, 4) is 0 Å². The number of nitrogens with one attached hydrogen (secondary N) is 1. The van der Waals surface area contributed by atoms with E-state index < -0.39 is 49.5 Å². The number of carbonyl (C=O) groups excluding carboxylic acids is 1. The highest BCUT2D eigenvalue weighted by Crippen LogP contribution is 2.24. The molecule has 9 nitrogen and oxygen atoms in total. The van der Waals surface area contributed by atoms with Gasteiger partial charge in [-0.15, -0.1) is 0 Å². The molecule has 0 aromatic carbocycles. The third-order valence-corrected chi connectivity index (χ3v) is 20.0. The molecule has 1 saturated heterocycles. The molecule has 6 N–H and O–H groups in total. The Bertz CT molecular complexity index is 1490. The fraction of sp³-hybridized carbons (Fsp3) is 0.939. The Kier molecular flexibility index (Phi) is 68.8. The summed E-state index contributed by atoms with van der Waals surface area (Å²) < 4.78 is 11.4. The average molecular weight is 1290 g/mol. The Balaban J connectivity index is 2.04. The first-order valence-electron chi connectivity index (χ1n) is 41.1. The van der Waals surface area contributed by atoms with Crippen molar-refractivity contribution in [1.82, 2.24) is 5.32 Å². The van der Waals surface area contributed by atoms with Crippen LogP contribution in [-0.4, -0.2) is 87.5 Å². The summed E-state index contributed by atoms with van der Waals surface area (Å²) in [6, 6.07) is -0.804. The lowest BCUT2D eigenvalue weighted by atomic mass is 9.99. The Morgan fingerprint density at radius 2 is 0.615 bits per heavy atom. The van der Waals surface area contributed by atoms with E-state index in [-0.39, 0.29) is 12.5 Å². The van der Waals surface area contributed by atoms with Crippen molar-refractivity contribution in [3.05, 3.63) is 24.3 Å². The van der Waals surface area contributed by atoms with E-state index in [1.165, 1.54) is 379 Å². The van der Waals surface area contributed by atoms with Crippen LogP contribution in [0.3, 0.4) is 0 Å². The van der Waals surface area contributed by atoms with E-state index >= 15 is 0 Å². The molecule has 1 amide bonds. The minimum atomic E-state index is -1.57. The largest absolute Gasteiger partial charge is 0.394 e. The van der Waals surface area contributed by atoms with Crippen molar-refractivity contribution in [3.63, 3.8) is 0 Å². The number of hydrogen-bond donors (Lipinski definition) is 6.